The van der Waals surface area contributed by atoms with E-state index in [-0.39, 0.29) is 28.8 Å². The highest BCUT2D eigenvalue weighted by atomic mass is 32.2. The van der Waals surface area contributed by atoms with Crippen molar-refractivity contribution in [3.8, 4) is 10.4 Å². The molecule has 1 aliphatic heterocycles. The molecule has 1 unspecified atom stereocenters. The van der Waals surface area contributed by atoms with Crippen LogP contribution >= 0.6 is 11.3 Å². The number of aryl methyl sites for hydroxylation is 2. The average molecular weight is 554 g/mol. The van der Waals surface area contributed by atoms with Crippen molar-refractivity contribution in [1.29, 1.82) is 0 Å². The van der Waals surface area contributed by atoms with Crippen LogP contribution in [0.1, 0.15) is 53.0 Å². The highest BCUT2D eigenvalue weighted by Gasteiger charge is 2.44. The molecule has 0 spiro atoms. The van der Waals surface area contributed by atoms with E-state index in [1.807, 2.05) is 31.2 Å². The summed E-state index contributed by atoms with van der Waals surface area (Å²) in [7, 11) is -3.95. The molecule has 0 radical (unpaired) electrons. The number of anilines is 1. The molecular weight excluding hydrogens is 522 g/mol. The molecule has 10 heteroatoms. The smallest absolute Gasteiger partial charge is 0.348 e. The van der Waals surface area contributed by atoms with E-state index in [1.54, 1.807) is 24.0 Å². The monoisotopic (exact) mass is 553 g/mol. The van der Waals surface area contributed by atoms with E-state index in [0.717, 1.165) is 59.4 Å². The van der Waals surface area contributed by atoms with Crippen LogP contribution in [0.2, 0.25) is 0 Å². The zero-order chi connectivity index (χ0) is 27.0. The normalized spacial score (nSPS) is 19.6. The van der Waals surface area contributed by atoms with Gasteiger partial charge in [0.1, 0.15) is 9.77 Å². The van der Waals surface area contributed by atoms with Crippen LogP contribution in [-0.4, -0.2) is 53.8 Å². The molecule has 38 heavy (non-hydrogen) atoms. The van der Waals surface area contributed by atoms with Gasteiger partial charge in [-0.05, 0) is 56.4 Å². The van der Waals surface area contributed by atoms with Crippen LogP contribution in [0.3, 0.4) is 0 Å². The number of amides is 1. The Bertz CT molecular complexity index is 1440. The summed E-state index contributed by atoms with van der Waals surface area (Å²) in [5, 5.41) is 10.1. The van der Waals surface area contributed by atoms with E-state index in [4.69, 9.17) is 0 Å². The number of sulfonamides is 1. The van der Waals surface area contributed by atoms with Crippen molar-refractivity contribution in [3.63, 3.8) is 0 Å². The number of carboxylic acids is 1. The number of rotatable bonds is 6. The van der Waals surface area contributed by atoms with E-state index in [2.05, 4.69) is 4.98 Å². The van der Waals surface area contributed by atoms with Gasteiger partial charge in [-0.2, -0.15) is 4.31 Å². The summed E-state index contributed by atoms with van der Waals surface area (Å²) in [4.78, 5) is 32.7. The average Bonchev–Trinajstić information content (AvgIpc) is 3.35. The van der Waals surface area contributed by atoms with Gasteiger partial charge in [-0.15, -0.1) is 11.3 Å². The second-order valence-corrected chi connectivity index (χ2v) is 13.1. The molecule has 1 amide bonds. The van der Waals surface area contributed by atoms with Crippen LogP contribution in [0, 0.1) is 19.8 Å². The minimum atomic E-state index is -3.95. The maximum atomic E-state index is 13.8. The van der Waals surface area contributed by atoms with Crippen molar-refractivity contribution in [2.24, 2.45) is 5.92 Å². The molecule has 2 fully saturated rings. The molecule has 1 saturated carbocycles. The Hall–Kier alpha value is -3.08. The lowest BCUT2D eigenvalue weighted by molar-refractivity contribution is -0.121. The second-order valence-electron chi connectivity index (χ2n) is 10.2. The largest absolute Gasteiger partial charge is 0.477 e. The third-order valence-electron chi connectivity index (χ3n) is 7.52. The Balaban J connectivity index is 1.55. The Morgan fingerprint density at radius 2 is 1.76 bits per heavy atom. The standard InChI is InChI=1S/C28H31N3O5S2/c1-18-8-11-21(12-9-18)25-14-23(27(37-25)28(33)34)31-24(20-6-4-3-5-7-20)16-30(17-26(31)32)38(35,36)22-13-10-19(2)29-15-22/h8-15,20,24H,3-7,16-17H2,1-2H3,(H,33,34). The van der Waals surface area contributed by atoms with Gasteiger partial charge in [0.25, 0.3) is 0 Å². The lowest BCUT2D eigenvalue weighted by atomic mass is 9.82. The first kappa shape index (κ1) is 26.5. The summed E-state index contributed by atoms with van der Waals surface area (Å²) in [6.07, 6.45) is 6.16. The molecule has 1 saturated heterocycles. The molecule has 1 atom stereocenters. The number of hydrogen-bond acceptors (Lipinski definition) is 6. The molecule has 1 aliphatic carbocycles. The van der Waals surface area contributed by atoms with Crippen molar-refractivity contribution in [1.82, 2.24) is 9.29 Å². The topological polar surface area (TPSA) is 108 Å². The van der Waals surface area contributed by atoms with E-state index in [1.165, 1.54) is 16.6 Å². The van der Waals surface area contributed by atoms with E-state index >= 15 is 0 Å². The van der Waals surface area contributed by atoms with Crippen LogP contribution in [-0.2, 0) is 14.8 Å². The van der Waals surface area contributed by atoms with Gasteiger partial charge in [-0.1, -0.05) is 49.1 Å². The number of carboxylic acid groups (broad SMARTS) is 1. The van der Waals surface area contributed by atoms with Gasteiger partial charge in [-0.25, -0.2) is 13.2 Å². The summed E-state index contributed by atoms with van der Waals surface area (Å²) < 4.78 is 28.3. The first-order chi connectivity index (χ1) is 18.1. The third kappa shape index (κ3) is 5.12. The van der Waals surface area contributed by atoms with Crippen molar-refractivity contribution < 1.29 is 23.1 Å². The predicted octanol–water partition coefficient (Wildman–Crippen LogP) is 5.11. The van der Waals surface area contributed by atoms with Gasteiger partial charge in [-0.3, -0.25) is 9.78 Å². The molecule has 2 aliphatic rings. The molecule has 1 aromatic carbocycles. The predicted molar refractivity (Wildman–Crippen MR) is 147 cm³/mol. The molecule has 5 rings (SSSR count). The van der Waals surface area contributed by atoms with Crippen molar-refractivity contribution in [2.45, 2.75) is 56.9 Å². The highest BCUT2D eigenvalue weighted by Crippen LogP contribution is 2.42. The number of hydrogen-bond donors (Lipinski definition) is 1. The summed E-state index contributed by atoms with van der Waals surface area (Å²) in [6.45, 7) is 3.53. The first-order valence-electron chi connectivity index (χ1n) is 12.8. The molecule has 2 aromatic heterocycles. The number of aromatic carboxylic acids is 1. The van der Waals surface area contributed by atoms with Gasteiger partial charge in [0.05, 0.1) is 18.3 Å². The first-order valence-corrected chi connectivity index (χ1v) is 15.1. The van der Waals surface area contributed by atoms with Crippen molar-refractivity contribution >= 4 is 38.9 Å². The fraction of sp³-hybridized carbons (Fsp3) is 0.393. The quantitative estimate of drug-likeness (QED) is 0.454. The summed E-state index contributed by atoms with van der Waals surface area (Å²) >= 11 is 1.14. The molecular formula is C28H31N3O5S2. The Labute approximate surface area is 227 Å². The van der Waals surface area contributed by atoms with Crippen LogP contribution in [0.15, 0.2) is 53.6 Å². The van der Waals surface area contributed by atoms with Gasteiger partial charge < -0.3 is 10.0 Å². The number of thiophene rings is 1. The fourth-order valence-corrected chi connectivity index (χ4v) is 7.82. The second kappa shape index (κ2) is 10.6. The highest BCUT2D eigenvalue weighted by molar-refractivity contribution is 7.89. The summed E-state index contributed by atoms with van der Waals surface area (Å²) in [5.74, 6) is -1.43. The number of pyridine rings is 1. The molecule has 200 valence electrons. The number of nitrogens with zero attached hydrogens (tertiary/aromatic N) is 3. The Morgan fingerprint density at radius 1 is 1.05 bits per heavy atom. The van der Waals surface area contributed by atoms with E-state index in [9.17, 15) is 23.1 Å². The lowest BCUT2D eigenvalue weighted by Crippen LogP contribution is -2.60. The minimum absolute atomic E-state index is 0.0511. The Morgan fingerprint density at radius 3 is 2.39 bits per heavy atom. The summed E-state index contributed by atoms with van der Waals surface area (Å²) in [5.41, 5.74) is 3.03. The van der Waals surface area contributed by atoms with Crippen molar-refractivity contribution in [2.75, 3.05) is 18.0 Å². The minimum Gasteiger partial charge on any atom is -0.477 e. The zero-order valence-corrected chi connectivity index (χ0v) is 23.1. The van der Waals surface area contributed by atoms with Crippen LogP contribution in [0.4, 0.5) is 5.69 Å². The number of piperazine rings is 1. The number of benzene rings is 1. The zero-order valence-electron chi connectivity index (χ0n) is 21.5. The molecule has 3 heterocycles. The fourth-order valence-electron chi connectivity index (χ4n) is 5.47. The number of aromatic nitrogens is 1. The molecule has 1 N–H and O–H groups in total. The number of carbonyl (C=O) groups excluding carboxylic acids is 1. The number of carbonyl (C=O) groups is 2. The lowest BCUT2D eigenvalue weighted by Gasteiger charge is -2.44. The van der Waals surface area contributed by atoms with Crippen LogP contribution < -0.4 is 4.90 Å². The van der Waals surface area contributed by atoms with Crippen LogP contribution in [0.5, 0.6) is 0 Å². The molecule has 8 nitrogen and oxygen atoms in total. The van der Waals surface area contributed by atoms with Gasteiger partial charge >= 0.3 is 5.97 Å². The van der Waals surface area contributed by atoms with Crippen molar-refractivity contribution in [3.05, 3.63) is 64.8 Å². The summed E-state index contributed by atoms with van der Waals surface area (Å²) in [6, 6.07) is 12.3. The van der Waals surface area contributed by atoms with Crippen LogP contribution in [0.25, 0.3) is 10.4 Å². The maximum absolute atomic E-state index is 13.8. The van der Waals surface area contributed by atoms with E-state index < -0.39 is 27.9 Å². The maximum Gasteiger partial charge on any atom is 0.348 e. The van der Waals surface area contributed by atoms with Gasteiger partial charge in [0.2, 0.25) is 15.9 Å². The van der Waals surface area contributed by atoms with Gasteiger partial charge in [0.15, 0.2) is 0 Å². The van der Waals surface area contributed by atoms with Gasteiger partial charge in [0, 0.05) is 23.3 Å². The van der Waals surface area contributed by atoms with E-state index in [0.29, 0.717) is 11.4 Å². The molecule has 3 aromatic rings. The third-order valence-corrected chi connectivity index (χ3v) is 10.5. The SMILES string of the molecule is Cc1ccc(-c2cc(N3C(=O)CN(S(=O)(=O)c4ccc(C)nc4)CC3C3CCCCC3)c(C(=O)O)s2)cc1. The molecule has 0 bridgehead atoms. The Kier molecular flexibility index (Phi) is 7.39.